The van der Waals surface area contributed by atoms with Crippen LogP contribution in [0.15, 0.2) is 0 Å². The molecule has 1 heterocycles. The molecule has 0 amide bonds. The molecule has 4 nitrogen and oxygen atoms in total. The Morgan fingerprint density at radius 2 is 1.86 bits per heavy atom. The second-order valence-corrected chi connectivity index (χ2v) is 3.94. The summed E-state index contributed by atoms with van der Waals surface area (Å²) >= 11 is 0. The third kappa shape index (κ3) is 3.46. The predicted molar refractivity (Wildman–Crippen MR) is 52.1 cm³/mol. The second-order valence-electron chi connectivity index (χ2n) is 3.94. The van der Waals surface area contributed by atoms with E-state index in [1.807, 2.05) is 7.05 Å². The minimum atomic E-state index is -0.883. The molecule has 14 heavy (non-hydrogen) atoms. The summed E-state index contributed by atoms with van der Waals surface area (Å²) in [5.41, 5.74) is 0. The highest BCUT2D eigenvalue weighted by Crippen LogP contribution is 2.18. The van der Waals surface area contributed by atoms with Gasteiger partial charge in [0.1, 0.15) is 5.78 Å². The van der Waals surface area contributed by atoms with Crippen LogP contribution in [0.4, 0.5) is 0 Å². The Balaban J connectivity index is 2.27. The summed E-state index contributed by atoms with van der Waals surface area (Å²) < 4.78 is 0. The Morgan fingerprint density at radius 3 is 2.36 bits per heavy atom. The second kappa shape index (κ2) is 5.10. The van der Waals surface area contributed by atoms with E-state index in [-0.39, 0.29) is 24.5 Å². The molecule has 0 aromatic carbocycles. The smallest absolute Gasteiger partial charge is 0.303 e. The Labute approximate surface area is 83.9 Å². The van der Waals surface area contributed by atoms with Crippen molar-refractivity contribution in [3.05, 3.63) is 0 Å². The van der Waals surface area contributed by atoms with Crippen LogP contribution in [0.25, 0.3) is 0 Å². The van der Waals surface area contributed by atoms with Crippen molar-refractivity contribution in [1.82, 2.24) is 4.90 Å². The molecule has 0 bridgehead atoms. The van der Waals surface area contributed by atoms with E-state index in [0.717, 1.165) is 25.9 Å². The molecular weight excluding hydrogens is 182 g/mol. The summed E-state index contributed by atoms with van der Waals surface area (Å²) in [5, 5.41) is 8.44. The van der Waals surface area contributed by atoms with Crippen LogP contribution in [0.1, 0.15) is 25.7 Å². The Bertz CT molecular complexity index is 219. The SMILES string of the molecule is CN1CCC(C(=O)CCC(=O)O)CC1. The number of carbonyl (C=O) groups is 2. The van der Waals surface area contributed by atoms with Gasteiger partial charge < -0.3 is 10.0 Å². The van der Waals surface area contributed by atoms with E-state index in [9.17, 15) is 9.59 Å². The van der Waals surface area contributed by atoms with Crippen molar-refractivity contribution in [2.24, 2.45) is 5.92 Å². The molecule has 0 saturated carbocycles. The van der Waals surface area contributed by atoms with Crippen molar-refractivity contribution in [1.29, 1.82) is 0 Å². The van der Waals surface area contributed by atoms with Gasteiger partial charge in [0.05, 0.1) is 6.42 Å². The fourth-order valence-electron chi connectivity index (χ4n) is 1.76. The lowest BCUT2D eigenvalue weighted by atomic mass is 9.90. The van der Waals surface area contributed by atoms with Gasteiger partial charge in [0, 0.05) is 12.3 Å². The van der Waals surface area contributed by atoms with Gasteiger partial charge in [-0.25, -0.2) is 0 Å². The van der Waals surface area contributed by atoms with Crippen molar-refractivity contribution < 1.29 is 14.7 Å². The Hall–Kier alpha value is -0.900. The molecule has 0 atom stereocenters. The molecule has 1 N–H and O–H groups in total. The largest absolute Gasteiger partial charge is 0.481 e. The lowest BCUT2D eigenvalue weighted by molar-refractivity contribution is -0.139. The van der Waals surface area contributed by atoms with Crippen molar-refractivity contribution >= 4 is 11.8 Å². The monoisotopic (exact) mass is 199 g/mol. The van der Waals surface area contributed by atoms with Crippen LogP contribution in [-0.2, 0) is 9.59 Å². The zero-order valence-corrected chi connectivity index (χ0v) is 8.53. The molecule has 1 rings (SSSR count). The third-order valence-corrected chi connectivity index (χ3v) is 2.76. The number of piperidine rings is 1. The van der Waals surface area contributed by atoms with E-state index in [1.54, 1.807) is 0 Å². The summed E-state index contributed by atoms with van der Waals surface area (Å²) in [6, 6.07) is 0. The molecule has 0 unspecified atom stereocenters. The normalized spacial score (nSPS) is 19.5. The van der Waals surface area contributed by atoms with E-state index >= 15 is 0 Å². The van der Waals surface area contributed by atoms with Crippen LogP contribution in [0, 0.1) is 5.92 Å². The maximum atomic E-state index is 11.5. The molecule has 0 spiro atoms. The van der Waals surface area contributed by atoms with Crippen LogP contribution < -0.4 is 0 Å². The van der Waals surface area contributed by atoms with Crippen LogP contribution in [0.3, 0.4) is 0 Å². The summed E-state index contributed by atoms with van der Waals surface area (Å²) in [6.07, 6.45) is 1.94. The highest BCUT2D eigenvalue weighted by molar-refractivity contribution is 5.84. The van der Waals surface area contributed by atoms with Gasteiger partial charge in [0.25, 0.3) is 0 Å². The summed E-state index contributed by atoms with van der Waals surface area (Å²) in [7, 11) is 2.04. The Kier molecular flexibility index (Phi) is 4.07. The summed E-state index contributed by atoms with van der Waals surface area (Å²) in [5.74, 6) is -0.655. The van der Waals surface area contributed by atoms with Gasteiger partial charge in [-0.1, -0.05) is 0 Å². The first-order valence-corrected chi connectivity index (χ1v) is 5.02. The fraction of sp³-hybridized carbons (Fsp3) is 0.800. The first-order chi connectivity index (χ1) is 6.59. The topological polar surface area (TPSA) is 57.6 Å². The van der Waals surface area contributed by atoms with E-state index < -0.39 is 5.97 Å². The van der Waals surface area contributed by atoms with Gasteiger partial charge in [0.15, 0.2) is 0 Å². The van der Waals surface area contributed by atoms with Crippen molar-refractivity contribution in [3.8, 4) is 0 Å². The van der Waals surface area contributed by atoms with Crippen molar-refractivity contribution in [2.75, 3.05) is 20.1 Å². The number of carbonyl (C=O) groups excluding carboxylic acids is 1. The summed E-state index contributed by atoms with van der Waals surface area (Å²) in [6.45, 7) is 1.90. The number of nitrogens with zero attached hydrogens (tertiary/aromatic N) is 1. The number of rotatable bonds is 4. The van der Waals surface area contributed by atoms with Gasteiger partial charge in [-0.15, -0.1) is 0 Å². The van der Waals surface area contributed by atoms with Gasteiger partial charge in [-0.05, 0) is 33.0 Å². The van der Waals surface area contributed by atoms with Crippen molar-refractivity contribution in [3.63, 3.8) is 0 Å². The summed E-state index contributed by atoms with van der Waals surface area (Å²) in [4.78, 5) is 24.0. The molecule has 0 aromatic heterocycles. The highest BCUT2D eigenvalue weighted by Gasteiger charge is 2.23. The molecule has 1 aliphatic rings. The van der Waals surface area contributed by atoms with Crippen LogP contribution in [-0.4, -0.2) is 41.9 Å². The number of carboxylic acid groups (broad SMARTS) is 1. The molecule has 4 heteroatoms. The van der Waals surface area contributed by atoms with Crippen LogP contribution in [0.5, 0.6) is 0 Å². The maximum Gasteiger partial charge on any atom is 0.303 e. The average molecular weight is 199 g/mol. The predicted octanol–water partition coefficient (Wildman–Crippen LogP) is 0.762. The number of carboxylic acids is 1. The molecule has 0 aromatic rings. The van der Waals surface area contributed by atoms with E-state index in [0.29, 0.717) is 0 Å². The average Bonchev–Trinajstić information content (AvgIpc) is 2.15. The van der Waals surface area contributed by atoms with E-state index in [1.165, 1.54) is 0 Å². The highest BCUT2D eigenvalue weighted by atomic mass is 16.4. The minimum absolute atomic E-state index is 0.0226. The van der Waals surface area contributed by atoms with E-state index in [4.69, 9.17) is 5.11 Å². The third-order valence-electron chi connectivity index (χ3n) is 2.76. The number of aliphatic carboxylic acids is 1. The van der Waals surface area contributed by atoms with Crippen LogP contribution in [0.2, 0.25) is 0 Å². The standard InChI is InChI=1S/C10H17NO3/c1-11-6-4-8(5-7-11)9(12)2-3-10(13)14/h8H,2-7H2,1H3,(H,13,14). The number of ketones is 1. The van der Waals surface area contributed by atoms with E-state index in [2.05, 4.69) is 4.90 Å². The molecule has 0 aliphatic carbocycles. The lowest BCUT2D eigenvalue weighted by Crippen LogP contribution is -2.33. The first-order valence-electron chi connectivity index (χ1n) is 5.02. The number of hydrogen-bond acceptors (Lipinski definition) is 3. The minimum Gasteiger partial charge on any atom is -0.481 e. The van der Waals surface area contributed by atoms with Gasteiger partial charge in [0.2, 0.25) is 0 Å². The zero-order valence-electron chi connectivity index (χ0n) is 8.53. The van der Waals surface area contributed by atoms with Gasteiger partial charge >= 0.3 is 5.97 Å². The molecule has 1 saturated heterocycles. The molecule has 0 radical (unpaired) electrons. The fourth-order valence-corrected chi connectivity index (χ4v) is 1.76. The first kappa shape index (κ1) is 11.2. The molecule has 1 aliphatic heterocycles. The molecule has 80 valence electrons. The van der Waals surface area contributed by atoms with Gasteiger partial charge in [-0.2, -0.15) is 0 Å². The molecular formula is C10H17NO3. The lowest BCUT2D eigenvalue weighted by Gasteiger charge is -2.27. The van der Waals surface area contributed by atoms with Crippen molar-refractivity contribution in [2.45, 2.75) is 25.7 Å². The van der Waals surface area contributed by atoms with Crippen LogP contribution >= 0.6 is 0 Å². The number of likely N-dealkylation sites (tertiary alicyclic amines) is 1. The number of hydrogen-bond donors (Lipinski definition) is 1. The maximum absolute atomic E-state index is 11.5. The quantitative estimate of drug-likeness (QED) is 0.726. The number of Topliss-reactive ketones (excluding diaryl/α,β-unsaturated/α-hetero) is 1. The molecule has 1 fully saturated rings. The zero-order chi connectivity index (χ0) is 10.6. The van der Waals surface area contributed by atoms with Gasteiger partial charge in [-0.3, -0.25) is 9.59 Å². The Morgan fingerprint density at radius 1 is 1.29 bits per heavy atom.